The van der Waals surface area contributed by atoms with E-state index in [0.29, 0.717) is 5.02 Å². The summed E-state index contributed by atoms with van der Waals surface area (Å²) in [6.45, 7) is 3.17. The van der Waals surface area contributed by atoms with E-state index in [-0.39, 0.29) is 16.6 Å². The van der Waals surface area contributed by atoms with E-state index >= 15 is 0 Å². The SMILES string of the molecule is CC(C)NCC(F)(F)c1ccc(Cl)cc1Cl. The lowest BCUT2D eigenvalue weighted by atomic mass is 10.1. The Morgan fingerprint density at radius 2 is 1.94 bits per heavy atom. The third-order valence-corrected chi connectivity index (χ3v) is 2.61. The topological polar surface area (TPSA) is 12.0 Å². The van der Waals surface area contributed by atoms with Gasteiger partial charge in [-0.05, 0) is 12.1 Å². The molecule has 0 aliphatic carbocycles. The van der Waals surface area contributed by atoms with E-state index in [9.17, 15) is 8.78 Å². The molecule has 0 saturated carbocycles. The van der Waals surface area contributed by atoms with Gasteiger partial charge in [0.2, 0.25) is 0 Å². The van der Waals surface area contributed by atoms with Gasteiger partial charge >= 0.3 is 0 Å². The Balaban J connectivity index is 2.88. The Kier molecular flexibility index (Phi) is 4.53. The van der Waals surface area contributed by atoms with E-state index in [1.54, 1.807) is 13.8 Å². The first-order valence-electron chi connectivity index (χ1n) is 4.89. The van der Waals surface area contributed by atoms with Crippen molar-refractivity contribution in [3.05, 3.63) is 33.8 Å². The molecule has 1 aromatic carbocycles. The van der Waals surface area contributed by atoms with E-state index in [1.807, 2.05) is 0 Å². The summed E-state index contributed by atoms with van der Waals surface area (Å²) in [5.74, 6) is -2.99. The maximum atomic E-state index is 13.7. The molecule has 0 saturated heterocycles. The molecule has 0 aliphatic heterocycles. The number of alkyl halides is 2. The Morgan fingerprint density at radius 1 is 1.31 bits per heavy atom. The fourth-order valence-corrected chi connectivity index (χ4v) is 1.76. The largest absolute Gasteiger partial charge is 0.309 e. The van der Waals surface area contributed by atoms with Crippen LogP contribution in [0.1, 0.15) is 19.4 Å². The quantitative estimate of drug-likeness (QED) is 0.867. The van der Waals surface area contributed by atoms with Crippen LogP contribution in [0.25, 0.3) is 0 Å². The van der Waals surface area contributed by atoms with Crippen LogP contribution in [0.3, 0.4) is 0 Å². The summed E-state index contributed by atoms with van der Waals surface area (Å²) in [5, 5.41) is 3.02. The minimum absolute atomic E-state index is 0.00282. The third-order valence-electron chi connectivity index (χ3n) is 2.06. The molecule has 0 heterocycles. The predicted octanol–water partition coefficient (Wildman–Crippen LogP) is 4.08. The van der Waals surface area contributed by atoms with Crippen LogP contribution in [0.15, 0.2) is 18.2 Å². The first-order valence-corrected chi connectivity index (χ1v) is 5.65. The molecular weight excluding hydrogens is 255 g/mol. The zero-order valence-electron chi connectivity index (χ0n) is 9.03. The summed E-state index contributed by atoms with van der Waals surface area (Å²) < 4.78 is 27.4. The minimum atomic E-state index is -2.99. The second kappa shape index (κ2) is 5.30. The highest BCUT2D eigenvalue weighted by atomic mass is 35.5. The van der Waals surface area contributed by atoms with E-state index in [1.165, 1.54) is 18.2 Å². The lowest BCUT2D eigenvalue weighted by molar-refractivity contribution is -0.00472. The minimum Gasteiger partial charge on any atom is -0.309 e. The van der Waals surface area contributed by atoms with Crippen molar-refractivity contribution in [1.82, 2.24) is 5.32 Å². The van der Waals surface area contributed by atoms with Gasteiger partial charge in [0.05, 0.1) is 11.6 Å². The number of halogens is 4. The highest BCUT2D eigenvalue weighted by molar-refractivity contribution is 6.35. The molecule has 90 valence electrons. The predicted molar refractivity (Wildman–Crippen MR) is 63.5 cm³/mol. The van der Waals surface area contributed by atoms with Gasteiger partial charge in [0.1, 0.15) is 0 Å². The van der Waals surface area contributed by atoms with Crippen LogP contribution in [0.4, 0.5) is 8.78 Å². The molecule has 0 aromatic heterocycles. The molecule has 0 atom stereocenters. The van der Waals surface area contributed by atoms with Crippen molar-refractivity contribution in [1.29, 1.82) is 0 Å². The summed E-state index contributed by atoms with van der Waals surface area (Å²) in [6.07, 6.45) is 0. The zero-order valence-corrected chi connectivity index (χ0v) is 10.5. The van der Waals surface area contributed by atoms with Gasteiger partial charge in [0.25, 0.3) is 5.92 Å². The summed E-state index contributed by atoms with van der Waals surface area (Å²) in [5.41, 5.74) is -0.202. The Morgan fingerprint density at radius 3 is 2.44 bits per heavy atom. The Labute approximate surface area is 104 Å². The molecule has 5 heteroatoms. The molecular formula is C11H13Cl2F2N. The van der Waals surface area contributed by atoms with E-state index in [4.69, 9.17) is 23.2 Å². The van der Waals surface area contributed by atoms with Gasteiger partial charge in [-0.3, -0.25) is 0 Å². The molecule has 0 unspecified atom stereocenters. The van der Waals surface area contributed by atoms with Crippen molar-refractivity contribution in [2.75, 3.05) is 6.54 Å². The smallest absolute Gasteiger partial charge is 0.286 e. The highest BCUT2D eigenvalue weighted by Gasteiger charge is 2.33. The number of benzene rings is 1. The van der Waals surface area contributed by atoms with Crippen molar-refractivity contribution in [2.24, 2.45) is 0 Å². The van der Waals surface area contributed by atoms with Crippen molar-refractivity contribution < 1.29 is 8.78 Å². The molecule has 1 aromatic rings. The average molecular weight is 268 g/mol. The molecule has 1 N–H and O–H groups in total. The summed E-state index contributed by atoms with van der Waals surface area (Å²) >= 11 is 11.4. The number of nitrogens with one attached hydrogen (secondary N) is 1. The van der Waals surface area contributed by atoms with Gasteiger partial charge in [-0.1, -0.05) is 43.1 Å². The molecule has 0 amide bonds. The monoisotopic (exact) mass is 267 g/mol. The van der Waals surface area contributed by atoms with Crippen LogP contribution < -0.4 is 5.32 Å². The van der Waals surface area contributed by atoms with Gasteiger partial charge < -0.3 is 5.32 Å². The van der Waals surface area contributed by atoms with Gasteiger partial charge in [0, 0.05) is 16.6 Å². The van der Waals surface area contributed by atoms with Crippen LogP contribution in [-0.4, -0.2) is 12.6 Å². The fraction of sp³-hybridized carbons (Fsp3) is 0.455. The van der Waals surface area contributed by atoms with Crippen LogP contribution in [0, 0.1) is 0 Å². The standard InChI is InChI=1S/C11H13Cl2F2N/c1-7(2)16-6-11(14,15)9-4-3-8(12)5-10(9)13/h3-5,7,16H,6H2,1-2H3. The van der Waals surface area contributed by atoms with Crippen molar-refractivity contribution in [2.45, 2.75) is 25.8 Å². The maximum absolute atomic E-state index is 13.7. The molecule has 0 aliphatic rings. The van der Waals surface area contributed by atoms with E-state index in [0.717, 1.165) is 0 Å². The van der Waals surface area contributed by atoms with Crippen molar-refractivity contribution in [3.8, 4) is 0 Å². The lowest BCUT2D eigenvalue weighted by Crippen LogP contribution is -2.35. The summed E-state index contributed by atoms with van der Waals surface area (Å²) in [4.78, 5) is 0. The van der Waals surface area contributed by atoms with Crippen LogP contribution >= 0.6 is 23.2 Å². The molecule has 0 bridgehead atoms. The van der Waals surface area contributed by atoms with Crippen molar-refractivity contribution >= 4 is 23.2 Å². The molecule has 0 fully saturated rings. The van der Waals surface area contributed by atoms with E-state index < -0.39 is 12.5 Å². The second-order valence-corrected chi connectivity index (χ2v) is 4.71. The highest BCUT2D eigenvalue weighted by Crippen LogP contribution is 2.34. The fourth-order valence-electron chi connectivity index (χ4n) is 1.21. The Hall–Kier alpha value is -0.380. The molecule has 0 radical (unpaired) electrons. The van der Waals surface area contributed by atoms with E-state index in [2.05, 4.69) is 5.32 Å². The first-order chi connectivity index (χ1) is 7.33. The second-order valence-electron chi connectivity index (χ2n) is 3.86. The molecule has 1 nitrogen and oxygen atoms in total. The molecule has 16 heavy (non-hydrogen) atoms. The number of hydrogen-bond acceptors (Lipinski definition) is 1. The van der Waals surface area contributed by atoms with Gasteiger partial charge in [-0.25, -0.2) is 0 Å². The van der Waals surface area contributed by atoms with Crippen LogP contribution in [0.5, 0.6) is 0 Å². The van der Waals surface area contributed by atoms with Crippen LogP contribution in [-0.2, 0) is 5.92 Å². The molecule has 1 rings (SSSR count). The van der Waals surface area contributed by atoms with Crippen molar-refractivity contribution in [3.63, 3.8) is 0 Å². The lowest BCUT2D eigenvalue weighted by Gasteiger charge is -2.20. The average Bonchev–Trinajstić information content (AvgIpc) is 2.14. The zero-order chi connectivity index (χ0) is 12.3. The number of rotatable bonds is 4. The first kappa shape index (κ1) is 13.7. The Bertz CT molecular complexity index is 367. The van der Waals surface area contributed by atoms with Crippen LogP contribution in [0.2, 0.25) is 10.0 Å². The van der Waals surface area contributed by atoms with Gasteiger partial charge in [-0.2, -0.15) is 8.78 Å². The summed E-state index contributed by atoms with van der Waals surface area (Å²) in [7, 11) is 0. The number of hydrogen-bond donors (Lipinski definition) is 1. The summed E-state index contributed by atoms with van der Waals surface area (Å²) in [6, 6.07) is 3.98. The van der Waals surface area contributed by atoms with Gasteiger partial charge in [0.15, 0.2) is 0 Å². The van der Waals surface area contributed by atoms with Gasteiger partial charge in [-0.15, -0.1) is 0 Å². The molecule has 0 spiro atoms. The third kappa shape index (κ3) is 3.58. The maximum Gasteiger partial charge on any atom is 0.286 e. The normalized spacial score (nSPS) is 12.2.